The van der Waals surface area contributed by atoms with Gasteiger partial charge in [0.1, 0.15) is 0 Å². The van der Waals surface area contributed by atoms with E-state index >= 15 is 0 Å². The molecule has 1 fully saturated rings. The third-order valence-corrected chi connectivity index (χ3v) is 5.58. The largest absolute Gasteiger partial charge is 0.501 e. The number of anilines is 1. The zero-order valence-electron chi connectivity index (χ0n) is 14.3. The van der Waals surface area contributed by atoms with Crippen molar-refractivity contribution in [3.05, 3.63) is 24.3 Å². The van der Waals surface area contributed by atoms with Crippen molar-refractivity contribution in [2.24, 2.45) is 0 Å². The van der Waals surface area contributed by atoms with Gasteiger partial charge in [-0.05, 0) is 25.5 Å². The van der Waals surface area contributed by atoms with E-state index in [-0.39, 0.29) is 24.8 Å². The smallest absolute Gasteiger partial charge is 0.465 e. The first-order valence-electron chi connectivity index (χ1n) is 8.20. The second-order valence-electron chi connectivity index (χ2n) is 5.84. The van der Waals surface area contributed by atoms with Gasteiger partial charge in [0, 0.05) is 26.2 Å². The fourth-order valence-corrected chi connectivity index (χ4v) is 3.81. The predicted molar refractivity (Wildman–Crippen MR) is 89.6 cm³/mol. The van der Waals surface area contributed by atoms with Crippen LogP contribution in [0.2, 0.25) is 0 Å². The van der Waals surface area contributed by atoms with E-state index in [1.54, 1.807) is 11.8 Å². The van der Waals surface area contributed by atoms with Crippen LogP contribution in [0.3, 0.4) is 0 Å². The van der Waals surface area contributed by atoms with Gasteiger partial charge in [0.25, 0.3) is 9.84 Å². The summed E-state index contributed by atoms with van der Waals surface area (Å²) in [6, 6.07) is 5.12. The minimum atomic E-state index is -5.44. The van der Waals surface area contributed by atoms with Crippen LogP contribution in [0.25, 0.3) is 0 Å². The fraction of sp³-hybridized carbons (Fsp3) is 0.562. The number of hydrogen-bond donors (Lipinski definition) is 0. The summed E-state index contributed by atoms with van der Waals surface area (Å²) in [6.07, 6.45) is 0.583. The Balaban J connectivity index is 2.19. The number of carbonyl (C=O) groups is 1. The number of benzene rings is 1. The van der Waals surface area contributed by atoms with Crippen molar-refractivity contribution >= 4 is 21.5 Å². The topological polar surface area (TPSA) is 66.9 Å². The molecule has 26 heavy (non-hydrogen) atoms. The third-order valence-electron chi connectivity index (χ3n) is 4.05. The highest BCUT2D eigenvalue weighted by Crippen LogP contribution is 2.36. The zero-order chi connectivity index (χ0) is 19.4. The highest BCUT2D eigenvalue weighted by atomic mass is 32.2. The van der Waals surface area contributed by atoms with Gasteiger partial charge in [0.15, 0.2) is 0 Å². The number of nitrogens with zero attached hydrogens (tertiary/aromatic N) is 2. The van der Waals surface area contributed by atoms with Crippen molar-refractivity contribution in [3.63, 3.8) is 0 Å². The van der Waals surface area contributed by atoms with Crippen LogP contribution in [-0.4, -0.2) is 64.1 Å². The van der Waals surface area contributed by atoms with Crippen molar-refractivity contribution in [3.8, 4) is 0 Å². The standard InChI is InChI=1S/C16H21F3N2O4S/c1-2-25-15(22)12-20-8-5-9-21(11-10-20)13-6-3-4-7-14(13)26(23,24)16(17,18)19/h3-4,6-7H,2,5,8-12H2,1H3. The van der Waals surface area contributed by atoms with Crippen LogP contribution in [0.5, 0.6) is 0 Å². The minimum absolute atomic E-state index is 0.0304. The number of sulfone groups is 1. The maximum Gasteiger partial charge on any atom is 0.501 e. The van der Waals surface area contributed by atoms with Crippen LogP contribution in [0.1, 0.15) is 13.3 Å². The van der Waals surface area contributed by atoms with Crippen LogP contribution in [0.15, 0.2) is 29.2 Å². The summed E-state index contributed by atoms with van der Waals surface area (Å²) in [4.78, 5) is 14.3. The van der Waals surface area contributed by atoms with Crippen molar-refractivity contribution in [2.45, 2.75) is 23.7 Å². The number of rotatable bonds is 5. The second kappa shape index (κ2) is 8.26. The average molecular weight is 394 g/mol. The van der Waals surface area contributed by atoms with E-state index in [1.807, 2.05) is 4.90 Å². The molecule has 1 aliphatic rings. The third kappa shape index (κ3) is 4.67. The number of hydrogen-bond acceptors (Lipinski definition) is 6. The SMILES string of the molecule is CCOC(=O)CN1CCCN(c2ccccc2S(=O)(=O)C(F)(F)F)CC1. The molecule has 0 amide bonds. The van der Waals surface area contributed by atoms with Gasteiger partial charge in [-0.3, -0.25) is 9.69 Å². The Morgan fingerprint density at radius 1 is 1.15 bits per heavy atom. The molecular formula is C16H21F3N2O4S. The van der Waals surface area contributed by atoms with Crippen molar-refractivity contribution in [1.82, 2.24) is 4.90 Å². The Kier molecular flexibility index (Phi) is 6.51. The Morgan fingerprint density at radius 2 is 1.85 bits per heavy atom. The van der Waals surface area contributed by atoms with Crippen molar-refractivity contribution in [1.29, 1.82) is 0 Å². The van der Waals surface area contributed by atoms with E-state index in [1.165, 1.54) is 18.2 Å². The van der Waals surface area contributed by atoms with Gasteiger partial charge in [-0.25, -0.2) is 8.42 Å². The lowest BCUT2D eigenvalue weighted by molar-refractivity contribution is -0.144. The molecule has 146 valence electrons. The maximum atomic E-state index is 13.0. The zero-order valence-corrected chi connectivity index (χ0v) is 15.1. The molecule has 1 aromatic carbocycles. The molecular weight excluding hydrogens is 373 g/mol. The molecule has 0 spiro atoms. The van der Waals surface area contributed by atoms with Gasteiger partial charge in [-0.2, -0.15) is 13.2 Å². The Labute approximate surface area is 150 Å². The normalized spacial score (nSPS) is 17.0. The molecule has 6 nitrogen and oxygen atoms in total. The van der Waals surface area contributed by atoms with Crippen LogP contribution in [0.4, 0.5) is 18.9 Å². The first-order valence-corrected chi connectivity index (χ1v) is 9.68. The molecule has 0 N–H and O–H groups in total. The van der Waals surface area contributed by atoms with Gasteiger partial charge < -0.3 is 9.64 Å². The second-order valence-corrected chi connectivity index (χ2v) is 7.75. The predicted octanol–water partition coefficient (Wildman–Crippen LogP) is 2.06. The quantitative estimate of drug-likeness (QED) is 0.713. The van der Waals surface area contributed by atoms with Gasteiger partial charge in [0.05, 0.1) is 23.7 Å². The van der Waals surface area contributed by atoms with Crippen LogP contribution >= 0.6 is 0 Å². The number of carbonyl (C=O) groups excluding carboxylic acids is 1. The van der Waals surface area contributed by atoms with E-state index < -0.39 is 20.2 Å². The molecule has 0 atom stereocenters. The Morgan fingerprint density at radius 3 is 2.50 bits per heavy atom. The lowest BCUT2D eigenvalue weighted by Gasteiger charge is -2.26. The summed E-state index contributed by atoms with van der Waals surface area (Å²) in [5.74, 6) is -0.360. The van der Waals surface area contributed by atoms with E-state index in [0.717, 1.165) is 6.07 Å². The van der Waals surface area contributed by atoms with Gasteiger partial charge in [0.2, 0.25) is 0 Å². The van der Waals surface area contributed by atoms with Gasteiger partial charge >= 0.3 is 11.5 Å². The number of alkyl halides is 3. The summed E-state index contributed by atoms with van der Waals surface area (Å²) >= 11 is 0. The van der Waals surface area contributed by atoms with E-state index in [9.17, 15) is 26.4 Å². The minimum Gasteiger partial charge on any atom is -0.465 e. The summed E-state index contributed by atoms with van der Waals surface area (Å²) in [7, 11) is -5.44. The fourth-order valence-electron chi connectivity index (χ4n) is 2.83. The summed E-state index contributed by atoms with van der Waals surface area (Å²) in [5.41, 5.74) is -5.33. The average Bonchev–Trinajstić information content (AvgIpc) is 2.79. The van der Waals surface area contributed by atoms with Crippen molar-refractivity contribution in [2.75, 3.05) is 44.2 Å². The summed E-state index contributed by atoms with van der Waals surface area (Å²) in [5, 5.41) is 0. The molecule has 1 aliphatic heterocycles. The number of halogens is 3. The molecule has 0 aliphatic carbocycles. The molecule has 1 heterocycles. The highest BCUT2D eigenvalue weighted by molar-refractivity contribution is 7.92. The first kappa shape index (κ1) is 20.5. The molecule has 0 unspecified atom stereocenters. The Bertz CT molecular complexity index is 737. The first-order chi connectivity index (χ1) is 12.2. The summed E-state index contributed by atoms with van der Waals surface area (Å²) in [6.45, 7) is 3.78. The highest BCUT2D eigenvalue weighted by Gasteiger charge is 2.48. The van der Waals surface area contributed by atoms with Gasteiger partial charge in [-0.1, -0.05) is 12.1 Å². The molecule has 1 saturated heterocycles. The van der Waals surface area contributed by atoms with Crippen LogP contribution in [0, 0.1) is 0 Å². The maximum absolute atomic E-state index is 13.0. The molecule has 10 heteroatoms. The summed E-state index contributed by atoms with van der Waals surface area (Å²) < 4.78 is 67.5. The van der Waals surface area contributed by atoms with Crippen LogP contribution < -0.4 is 4.90 Å². The molecule has 1 aromatic rings. The molecule has 0 aromatic heterocycles. The molecule has 0 bridgehead atoms. The number of esters is 1. The molecule has 0 radical (unpaired) electrons. The van der Waals surface area contributed by atoms with Gasteiger partial charge in [-0.15, -0.1) is 0 Å². The Hall–Kier alpha value is -1.81. The lowest BCUT2D eigenvalue weighted by atomic mass is 10.2. The molecule has 2 rings (SSSR count). The van der Waals surface area contributed by atoms with E-state index in [4.69, 9.17) is 4.74 Å². The van der Waals surface area contributed by atoms with Crippen molar-refractivity contribution < 1.29 is 31.1 Å². The van der Waals surface area contributed by atoms with E-state index in [2.05, 4.69) is 0 Å². The molecule has 0 saturated carbocycles. The monoisotopic (exact) mass is 394 g/mol. The number of para-hydroxylation sites is 1. The lowest BCUT2D eigenvalue weighted by Crippen LogP contribution is -2.35. The van der Waals surface area contributed by atoms with E-state index in [0.29, 0.717) is 32.6 Å². The van der Waals surface area contributed by atoms with Crippen LogP contribution in [-0.2, 0) is 19.4 Å². The number of ether oxygens (including phenoxy) is 1.